The molecular weight excluding hydrogens is 262 g/mol. The molecule has 1 aliphatic rings. The van der Waals surface area contributed by atoms with Gasteiger partial charge in [-0.15, -0.1) is 0 Å². The van der Waals surface area contributed by atoms with Gasteiger partial charge in [0, 0.05) is 17.5 Å². The lowest BCUT2D eigenvalue weighted by molar-refractivity contribution is 0.479. The van der Waals surface area contributed by atoms with Crippen LogP contribution in [0.5, 0.6) is 0 Å². The molecule has 2 aromatic rings. The number of anilines is 1. The molecule has 0 spiro atoms. The van der Waals surface area contributed by atoms with Gasteiger partial charge in [-0.2, -0.15) is 14.6 Å². The summed E-state index contributed by atoms with van der Waals surface area (Å²) < 4.78 is 1.73. The van der Waals surface area contributed by atoms with Crippen molar-refractivity contribution in [3.63, 3.8) is 0 Å². The van der Waals surface area contributed by atoms with Crippen molar-refractivity contribution in [2.75, 3.05) is 5.32 Å². The largest absolute Gasteiger partial charge is 0.344 e. The first-order chi connectivity index (χ1) is 9.93. The lowest BCUT2D eigenvalue weighted by atomic mass is 9.81. The fourth-order valence-corrected chi connectivity index (χ4v) is 2.55. The van der Waals surface area contributed by atoms with Crippen LogP contribution in [-0.2, 0) is 0 Å². The maximum absolute atomic E-state index is 4.35. The van der Waals surface area contributed by atoms with E-state index in [-0.39, 0.29) is 5.41 Å². The molecule has 0 unspecified atom stereocenters. The van der Waals surface area contributed by atoms with Crippen LogP contribution in [-0.4, -0.2) is 19.6 Å². The van der Waals surface area contributed by atoms with Crippen molar-refractivity contribution in [2.45, 2.75) is 40.5 Å². The second-order valence-electron chi connectivity index (χ2n) is 6.51. The second-order valence-corrected chi connectivity index (χ2v) is 6.51. The van der Waals surface area contributed by atoms with Gasteiger partial charge in [-0.05, 0) is 31.3 Å². The summed E-state index contributed by atoms with van der Waals surface area (Å²) in [5.74, 6) is 1.54. The van der Waals surface area contributed by atoms with Crippen molar-refractivity contribution in [2.24, 2.45) is 5.41 Å². The number of aromatic nitrogens is 4. The Kier molecular flexibility index (Phi) is 3.27. The van der Waals surface area contributed by atoms with Gasteiger partial charge in [-0.1, -0.05) is 32.4 Å². The molecule has 0 fully saturated rings. The van der Waals surface area contributed by atoms with Gasteiger partial charge in [0.15, 0.2) is 0 Å². The molecule has 5 heteroatoms. The van der Waals surface area contributed by atoms with E-state index < -0.39 is 0 Å². The predicted octanol–water partition coefficient (Wildman–Crippen LogP) is 3.49. The third kappa shape index (κ3) is 2.82. The van der Waals surface area contributed by atoms with Gasteiger partial charge < -0.3 is 5.32 Å². The molecule has 1 N–H and O–H groups in total. The number of fused-ring (bicyclic) bond motifs is 1. The number of allylic oxidation sites excluding steroid dienone is 4. The van der Waals surface area contributed by atoms with E-state index in [1.165, 1.54) is 17.6 Å². The smallest absolute Gasteiger partial charge is 0.254 e. The van der Waals surface area contributed by atoms with Crippen LogP contribution in [0.3, 0.4) is 0 Å². The third-order valence-electron chi connectivity index (χ3n) is 3.78. The molecule has 3 rings (SSSR count). The average Bonchev–Trinajstić information content (AvgIpc) is 2.86. The average molecular weight is 283 g/mol. The molecule has 1 aliphatic carbocycles. The van der Waals surface area contributed by atoms with Crippen LogP contribution in [0, 0.1) is 12.3 Å². The Morgan fingerprint density at radius 3 is 2.67 bits per heavy atom. The molecule has 0 saturated heterocycles. The fourth-order valence-electron chi connectivity index (χ4n) is 2.55. The van der Waals surface area contributed by atoms with Crippen molar-refractivity contribution < 1.29 is 0 Å². The lowest BCUT2D eigenvalue weighted by Crippen LogP contribution is -2.14. The summed E-state index contributed by atoms with van der Waals surface area (Å²) in [6.07, 6.45) is 8.04. The zero-order chi connectivity index (χ0) is 15.0. The van der Waals surface area contributed by atoms with Gasteiger partial charge in [-0.25, -0.2) is 4.98 Å². The molecule has 0 atom stereocenters. The first kappa shape index (κ1) is 13.8. The Morgan fingerprint density at radius 1 is 1.19 bits per heavy atom. The van der Waals surface area contributed by atoms with Gasteiger partial charge in [0.05, 0.1) is 0 Å². The molecule has 2 aromatic heterocycles. The van der Waals surface area contributed by atoms with E-state index >= 15 is 0 Å². The van der Waals surface area contributed by atoms with Gasteiger partial charge in [-0.3, -0.25) is 0 Å². The minimum atomic E-state index is 0.244. The number of hydrogen-bond acceptors (Lipinski definition) is 4. The van der Waals surface area contributed by atoms with E-state index in [9.17, 15) is 0 Å². The number of rotatable bonds is 2. The zero-order valence-corrected chi connectivity index (χ0v) is 13.0. The fraction of sp³-hybridized carbons (Fsp3) is 0.438. The van der Waals surface area contributed by atoms with Crippen molar-refractivity contribution >= 4 is 11.6 Å². The van der Waals surface area contributed by atoms with Gasteiger partial charge in [0.25, 0.3) is 5.78 Å². The highest BCUT2D eigenvalue weighted by molar-refractivity contribution is 5.49. The molecule has 0 amide bonds. The van der Waals surface area contributed by atoms with E-state index in [1.54, 1.807) is 4.52 Å². The normalized spacial score (nSPS) is 15.8. The van der Waals surface area contributed by atoms with Crippen molar-refractivity contribution in [3.8, 4) is 0 Å². The van der Waals surface area contributed by atoms with E-state index in [0.717, 1.165) is 24.4 Å². The summed E-state index contributed by atoms with van der Waals surface area (Å²) >= 11 is 0. The topological polar surface area (TPSA) is 55.1 Å². The quantitative estimate of drug-likeness (QED) is 0.916. The van der Waals surface area contributed by atoms with Crippen LogP contribution in [0.15, 0.2) is 35.8 Å². The summed E-state index contributed by atoms with van der Waals surface area (Å²) in [5.41, 5.74) is 3.87. The Morgan fingerprint density at radius 2 is 2.00 bits per heavy atom. The first-order valence-electron chi connectivity index (χ1n) is 7.28. The molecule has 0 saturated carbocycles. The molecular formula is C16H21N5. The standard InChI is InChI=1S/C16H21N5/c1-11-9-14(21-15(19-11)17-10-18-21)20-13-7-5-12(6-8-13)16(2,3)4/h5,7,9-10,20H,6,8H2,1-4H3. The summed E-state index contributed by atoms with van der Waals surface area (Å²) in [5, 5.41) is 7.68. The summed E-state index contributed by atoms with van der Waals surface area (Å²) in [4.78, 5) is 8.50. The number of hydrogen-bond donors (Lipinski definition) is 1. The SMILES string of the molecule is Cc1cc(NC2=CC=C(C(C)(C)C)CC2)n2ncnc2n1. The van der Waals surface area contributed by atoms with E-state index in [2.05, 4.69) is 53.3 Å². The monoisotopic (exact) mass is 283 g/mol. The maximum atomic E-state index is 4.35. The van der Waals surface area contributed by atoms with Crippen LogP contribution in [0.25, 0.3) is 5.78 Å². The molecule has 110 valence electrons. The number of nitrogens with zero attached hydrogens (tertiary/aromatic N) is 4. The molecule has 0 bridgehead atoms. The van der Waals surface area contributed by atoms with E-state index in [1.807, 2.05) is 13.0 Å². The Labute approximate surface area is 124 Å². The van der Waals surface area contributed by atoms with Gasteiger partial charge in [0.1, 0.15) is 12.1 Å². The Bertz CT molecular complexity index is 731. The summed E-state index contributed by atoms with van der Waals surface area (Å²) in [6, 6.07) is 1.99. The highest BCUT2D eigenvalue weighted by Crippen LogP contribution is 2.33. The molecule has 0 radical (unpaired) electrons. The van der Waals surface area contributed by atoms with Crippen molar-refractivity contribution in [1.82, 2.24) is 19.6 Å². The Balaban J connectivity index is 1.88. The number of nitrogens with one attached hydrogen (secondary N) is 1. The van der Waals surface area contributed by atoms with Crippen molar-refractivity contribution in [3.05, 3.63) is 41.5 Å². The Hall–Kier alpha value is -2.17. The van der Waals surface area contributed by atoms with Crippen molar-refractivity contribution in [1.29, 1.82) is 0 Å². The zero-order valence-electron chi connectivity index (χ0n) is 13.0. The second kappa shape index (κ2) is 4.98. The number of aryl methyl sites for hydroxylation is 1. The van der Waals surface area contributed by atoms with E-state index in [4.69, 9.17) is 0 Å². The molecule has 0 aliphatic heterocycles. The molecule has 2 heterocycles. The highest BCUT2D eigenvalue weighted by atomic mass is 15.4. The maximum Gasteiger partial charge on any atom is 0.254 e. The molecule has 21 heavy (non-hydrogen) atoms. The lowest BCUT2D eigenvalue weighted by Gasteiger charge is -2.26. The minimum absolute atomic E-state index is 0.244. The first-order valence-corrected chi connectivity index (χ1v) is 7.28. The van der Waals surface area contributed by atoms with Crippen LogP contribution in [0.4, 0.5) is 5.82 Å². The third-order valence-corrected chi connectivity index (χ3v) is 3.78. The molecule has 5 nitrogen and oxygen atoms in total. The van der Waals surface area contributed by atoms with E-state index in [0.29, 0.717) is 5.78 Å². The van der Waals surface area contributed by atoms with Crippen LogP contribution in [0.1, 0.15) is 39.3 Å². The summed E-state index contributed by atoms with van der Waals surface area (Å²) in [6.45, 7) is 8.75. The van der Waals surface area contributed by atoms with Crippen LogP contribution < -0.4 is 5.32 Å². The summed E-state index contributed by atoms with van der Waals surface area (Å²) in [7, 11) is 0. The molecule has 0 aromatic carbocycles. The van der Waals surface area contributed by atoms with Crippen LogP contribution in [0.2, 0.25) is 0 Å². The van der Waals surface area contributed by atoms with Gasteiger partial charge in [0.2, 0.25) is 0 Å². The van der Waals surface area contributed by atoms with Gasteiger partial charge >= 0.3 is 0 Å². The van der Waals surface area contributed by atoms with Crippen LogP contribution >= 0.6 is 0 Å². The minimum Gasteiger partial charge on any atom is -0.344 e. The predicted molar refractivity (Wildman–Crippen MR) is 84.0 cm³/mol. The highest BCUT2D eigenvalue weighted by Gasteiger charge is 2.19.